The highest BCUT2D eigenvalue weighted by molar-refractivity contribution is 5.80. The van der Waals surface area contributed by atoms with Crippen molar-refractivity contribution >= 4 is 17.8 Å². The van der Waals surface area contributed by atoms with Gasteiger partial charge in [-0.15, -0.1) is 0 Å². The van der Waals surface area contributed by atoms with Gasteiger partial charge in [0.05, 0.1) is 6.54 Å². The fourth-order valence-electron chi connectivity index (χ4n) is 4.24. The minimum Gasteiger partial charge on any atom is -0.359 e. The van der Waals surface area contributed by atoms with E-state index in [4.69, 9.17) is 4.99 Å². The lowest BCUT2D eigenvalue weighted by Gasteiger charge is -2.34. The number of nitrogens with zero attached hydrogens (tertiary/aromatic N) is 3. The number of nitrogens with one attached hydrogen (secondary N) is 2. The van der Waals surface area contributed by atoms with Crippen LogP contribution in [0.3, 0.4) is 0 Å². The van der Waals surface area contributed by atoms with Gasteiger partial charge in [-0.2, -0.15) is 0 Å². The van der Waals surface area contributed by atoms with Crippen LogP contribution >= 0.6 is 0 Å². The van der Waals surface area contributed by atoms with Crippen LogP contribution in [-0.4, -0.2) is 60.8 Å². The molecule has 7 heteroatoms. The first kappa shape index (κ1) is 22.1. The number of aliphatic imine (C=N–C) groups is 1. The zero-order valence-corrected chi connectivity index (χ0v) is 18.3. The summed E-state index contributed by atoms with van der Waals surface area (Å²) in [5.41, 5.74) is 2.35. The zero-order chi connectivity index (χ0) is 21.3. The van der Waals surface area contributed by atoms with E-state index in [0.29, 0.717) is 31.8 Å². The standard InChI is InChI=1S/C23H35N5O2/c1-3-25-23(27-13-10-18(11-14-27)15-21(29)24-2)26-16-19-7-4-5-8-20(19)17-28-12-6-9-22(28)30/h4-5,7-8,18H,3,6,9-17H2,1-2H3,(H,24,29)(H,25,26). The van der Waals surface area contributed by atoms with Crippen molar-refractivity contribution in [3.63, 3.8) is 0 Å². The van der Waals surface area contributed by atoms with Crippen LogP contribution < -0.4 is 10.6 Å². The molecule has 0 atom stereocenters. The summed E-state index contributed by atoms with van der Waals surface area (Å²) in [6.07, 6.45) is 4.25. The molecule has 0 radical (unpaired) electrons. The Labute approximate surface area is 179 Å². The van der Waals surface area contributed by atoms with Crippen LogP contribution in [-0.2, 0) is 22.7 Å². The van der Waals surface area contributed by atoms with Crippen molar-refractivity contribution in [3.8, 4) is 0 Å². The van der Waals surface area contributed by atoms with Crippen LogP contribution in [0.25, 0.3) is 0 Å². The summed E-state index contributed by atoms with van der Waals surface area (Å²) in [5, 5.41) is 6.15. The molecule has 7 nitrogen and oxygen atoms in total. The molecule has 3 rings (SSSR count). The molecule has 0 aliphatic carbocycles. The predicted octanol–water partition coefficient (Wildman–Crippen LogP) is 2.12. The number of benzene rings is 1. The number of guanidine groups is 1. The molecule has 2 heterocycles. The highest BCUT2D eigenvalue weighted by Gasteiger charge is 2.23. The van der Waals surface area contributed by atoms with Gasteiger partial charge in [0.1, 0.15) is 0 Å². The molecule has 2 saturated heterocycles. The van der Waals surface area contributed by atoms with E-state index in [1.165, 1.54) is 11.1 Å². The van der Waals surface area contributed by atoms with E-state index in [1.54, 1.807) is 7.05 Å². The number of carbonyl (C=O) groups is 2. The van der Waals surface area contributed by atoms with Crippen molar-refractivity contribution in [1.29, 1.82) is 0 Å². The van der Waals surface area contributed by atoms with Crippen molar-refractivity contribution < 1.29 is 9.59 Å². The fraction of sp³-hybridized carbons (Fsp3) is 0.609. The summed E-state index contributed by atoms with van der Waals surface area (Å²) in [6.45, 7) is 6.85. The molecule has 2 fully saturated rings. The Morgan fingerprint density at radius 1 is 1.17 bits per heavy atom. The van der Waals surface area contributed by atoms with E-state index in [1.807, 2.05) is 17.0 Å². The fourth-order valence-corrected chi connectivity index (χ4v) is 4.24. The molecule has 2 aliphatic heterocycles. The summed E-state index contributed by atoms with van der Waals surface area (Å²) in [4.78, 5) is 32.8. The lowest BCUT2D eigenvalue weighted by Crippen LogP contribution is -2.46. The molecule has 0 bridgehead atoms. The molecule has 1 aromatic carbocycles. The first-order valence-electron chi connectivity index (χ1n) is 11.2. The van der Waals surface area contributed by atoms with Crippen LogP contribution in [0, 0.1) is 5.92 Å². The SMILES string of the molecule is CCNC(=NCc1ccccc1CN1CCCC1=O)N1CCC(CC(=O)NC)CC1. The molecule has 2 aliphatic rings. The monoisotopic (exact) mass is 413 g/mol. The number of hydrogen-bond acceptors (Lipinski definition) is 3. The van der Waals surface area contributed by atoms with Crippen molar-refractivity contribution in [1.82, 2.24) is 20.4 Å². The lowest BCUT2D eigenvalue weighted by molar-refractivity contribution is -0.128. The van der Waals surface area contributed by atoms with Gasteiger partial charge in [-0.25, -0.2) is 4.99 Å². The Morgan fingerprint density at radius 2 is 1.90 bits per heavy atom. The number of rotatable bonds is 7. The van der Waals surface area contributed by atoms with Gasteiger partial charge in [0, 0.05) is 52.6 Å². The molecule has 164 valence electrons. The lowest BCUT2D eigenvalue weighted by atomic mass is 9.93. The van der Waals surface area contributed by atoms with Gasteiger partial charge in [-0.1, -0.05) is 24.3 Å². The largest absolute Gasteiger partial charge is 0.359 e. The molecular weight excluding hydrogens is 378 g/mol. The average molecular weight is 414 g/mol. The Bertz CT molecular complexity index is 756. The number of likely N-dealkylation sites (tertiary alicyclic amines) is 2. The van der Waals surface area contributed by atoms with E-state index >= 15 is 0 Å². The normalized spacial score (nSPS) is 18.1. The number of hydrogen-bond donors (Lipinski definition) is 2. The summed E-state index contributed by atoms with van der Waals surface area (Å²) < 4.78 is 0. The maximum atomic E-state index is 12.0. The van der Waals surface area contributed by atoms with Gasteiger partial charge >= 0.3 is 0 Å². The summed E-state index contributed by atoms with van der Waals surface area (Å²) in [6, 6.07) is 8.29. The maximum absolute atomic E-state index is 12.0. The Hall–Kier alpha value is -2.57. The minimum atomic E-state index is 0.127. The third-order valence-corrected chi connectivity index (χ3v) is 6.05. The smallest absolute Gasteiger partial charge is 0.222 e. The van der Waals surface area contributed by atoms with Gasteiger partial charge in [0.15, 0.2) is 5.96 Å². The topological polar surface area (TPSA) is 77.0 Å². The number of piperidine rings is 1. The maximum Gasteiger partial charge on any atom is 0.222 e. The van der Waals surface area contributed by atoms with Crippen molar-refractivity contribution in [2.45, 2.75) is 52.1 Å². The molecule has 0 spiro atoms. The quantitative estimate of drug-likeness (QED) is 0.530. The van der Waals surface area contributed by atoms with Crippen LogP contribution in [0.1, 0.15) is 50.2 Å². The Morgan fingerprint density at radius 3 is 2.53 bits per heavy atom. The second-order valence-corrected chi connectivity index (χ2v) is 8.17. The van der Waals surface area contributed by atoms with Crippen LogP contribution in [0.4, 0.5) is 0 Å². The molecule has 0 aromatic heterocycles. The zero-order valence-electron chi connectivity index (χ0n) is 18.3. The van der Waals surface area contributed by atoms with Gasteiger partial charge in [-0.05, 0) is 43.2 Å². The molecular formula is C23H35N5O2. The van der Waals surface area contributed by atoms with Crippen LogP contribution in [0.2, 0.25) is 0 Å². The first-order chi connectivity index (χ1) is 14.6. The highest BCUT2D eigenvalue weighted by Crippen LogP contribution is 2.21. The van der Waals surface area contributed by atoms with Gasteiger partial charge in [-0.3, -0.25) is 9.59 Å². The third-order valence-electron chi connectivity index (χ3n) is 6.05. The molecule has 2 amide bonds. The van der Waals surface area contributed by atoms with E-state index in [2.05, 4.69) is 34.6 Å². The van der Waals surface area contributed by atoms with E-state index in [9.17, 15) is 9.59 Å². The second-order valence-electron chi connectivity index (χ2n) is 8.17. The summed E-state index contributed by atoms with van der Waals surface area (Å²) >= 11 is 0. The van der Waals surface area contributed by atoms with E-state index in [0.717, 1.165) is 51.4 Å². The highest BCUT2D eigenvalue weighted by atomic mass is 16.2. The van der Waals surface area contributed by atoms with Gasteiger partial charge in [0.2, 0.25) is 11.8 Å². The van der Waals surface area contributed by atoms with Crippen molar-refractivity contribution in [2.24, 2.45) is 10.9 Å². The molecule has 2 N–H and O–H groups in total. The predicted molar refractivity (Wildman–Crippen MR) is 119 cm³/mol. The van der Waals surface area contributed by atoms with Crippen LogP contribution in [0.15, 0.2) is 29.3 Å². The van der Waals surface area contributed by atoms with E-state index < -0.39 is 0 Å². The summed E-state index contributed by atoms with van der Waals surface area (Å²) in [7, 11) is 1.70. The first-order valence-corrected chi connectivity index (χ1v) is 11.2. The third kappa shape index (κ3) is 5.97. The number of carbonyl (C=O) groups excluding carboxylic acids is 2. The Kier molecular flexibility index (Phi) is 8.11. The van der Waals surface area contributed by atoms with Crippen molar-refractivity contribution in [2.75, 3.05) is 33.2 Å². The minimum absolute atomic E-state index is 0.127. The molecule has 30 heavy (non-hydrogen) atoms. The average Bonchev–Trinajstić information content (AvgIpc) is 3.17. The summed E-state index contributed by atoms with van der Waals surface area (Å²) in [5.74, 6) is 1.76. The van der Waals surface area contributed by atoms with E-state index in [-0.39, 0.29) is 11.8 Å². The van der Waals surface area contributed by atoms with Crippen molar-refractivity contribution in [3.05, 3.63) is 35.4 Å². The number of amides is 2. The van der Waals surface area contributed by atoms with Gasteiger partial charge < -0.3 is 20.4 Å². The second kappa shape index (κ2) is 11.0. The molecule has 0 saturated carbocycles. The van der Waals surface area contributed by atoms with Gasteiger partial charge in [0.25, 0.3) is 0 Å². The Balaban J connectivity index is 1.63. The molecule has 0 unspecified atom stereocenters. The molecule has 1 aromatic rings. The van der Waals surface area contributed by atoms with Crippen LogP contribution in [0.5, 0.6) is 0 Å².